The molecule has 0 aliphatic heterocycles. The molecule has 0 aliphatic rings. The minimum Gasteiger partial charge on any atom is -0.463 e. The maximum atomic E-state index is 10.7. The second-order valence-corrected chi connectivity index (χ2v) is 5.40. The number of hydrogen-bond donors (Lipinski definition) is 0. The summed E-state index contributed by atoms with van der Waals surface area (Å²) in [6, 6.07) is 0. The lowest BCUT2D eigenvalue weighted by atomic mass is 10.1. The SMILES string of the molecule is CCCCCCCCOC(C)COC(C)COC(C)=O. The van der Waals surface area contributed by atoms with E-state index in [0.717, 1.165) is 13.0 Å². The van der Waals surface area contributed by atoms with E-state index in [1.54, 1.807) is 0 Å². The van der Waals surface area contributed by atoms with Crippen LogP contribution in [-0.4, -0.2) is 38.0 Å². The molecule has 0 fully saturated rings. The number of hydrogen-bond acceptors (Lipinski definition) is 4. The first-order valence-corrected chi connectivity index (χ1v) is 7.92. The van der Waals surface area contributed by atoms with Gasteiger partial charge in [-0.05, 0) is 20.3 Å². The maximum absolute atomic E-state index is 10.7. The van der Waals surface area contributed by atoms with Gasteiger partial charge in [-0.25, -0.2) is 0 Å². The first-order valence-electron chi connectivity index (χ1n) is 7.92. The first-order chi connectivity index (χ1) is 9.56. The third-order valence-electron chi connectivity index (χ3n) is 3.04. The maximum Gasteiger partial charge on any atom is 0.302 e. The second kappa shape index (κ2) is 13.4. The van der Waals surface area contributed by atoms with E-state index < -0.39 is 0 Å². The van der Waals surface area contributed by atoms with Crippen molar-refractivity contribution < 1.29 is 19.0 Å². The second-order valence-electron chi connectivity index (χ2n) is 5.40. The van der Waals surface area contributed by atoms with Crippen molar-refractivity contribution in [1.29, 1.82) is 0 Å². The highest BCUT2D eigenvalue weighted by molar-refractivity contribution is 5.65. The molecule has 20 heavy (non-hydrogen) atoms. The molecule has 0 aromatic carbocycles. The summed E-state index contributed by atoms with van der Waals surface area (Å²) in [6.07, 6.45) is 7.64. The molecule has 4 nitrogen and oxygen atoms in total. The lowest BCUT2D eigenvalue weighted by Crippen LogP contribution is -2.24. The molecule has 0 radical (unpaired) electrons. The molecule has 0 aromatic heterocycles. The summed E-state index contributed by atoms with van der Waals surface area (Å²) in [5.74, 6) is -0.271. The average molecular weight is 288 g/mol. The molecular weight excluding hydrogens is 256 g/mol. The van der Waals surface area contributed by atoms with E-state index in [-0.39, 0.29) is 18.2 Å². The van der Waals surface area contributed by atoms with E-state index >= 15 is 0 Å². The fraction of sp³-hybridized carbons (Fsp3) is 0.938. The standard InChI is InChI=1S/C16H32O4/c1-5-6-7-8-9-10-11-18-14(2)12-19-15(3)13-20-16(4)17/h14-15H,5-13H2,1-4H3. The molecule has 120 valence electrons. The summed E-state index contributed by atoms with van der Waals surface area (Å²) in [5.41, 5.74) is 0. The third-order valence-corrected chi connectivity index (χ3v) is 3.04. The van der Waals surface area contributed by atoms with Crippen LogP contribution in [0.5, 0.6) is 0 Å². The molecule has 2 unspecified atom stereocenters. The summed E-state index contributed by atoms with van der Waals surface area (Å²) in [7, 11) is 0. The van der Waals surface area contributed by atoms with Gasteiger partial charge in [0.1, 0.15) is 6.61 Å². The molecule has 0 rings (SSSR count). The lowest BCUT2D eigenvalue weighted by molar-refractivity contribution is -0.145. The minimum absolute atomic E-state index is 0.0843. The van der Waals surface area contributed by atoms with Crippen molar-refractivity contribution in [3.8, 4) is 0 Å². The summed E-state index contributed by atoms with van der Waals surface area (Å²) in [5, 5.41) is 0. The predicted molar refractivity (Wildman–Crippen MR) is 80.8 cm³/mol. The number of unbranched alkanes of at least 4 members (excludes halogenated alkanes) is 5. The Balaban J connectivity index is 3.35. The number of esters is 1. The van der Waals surface area contributed by atoms with Crippen LogP contribution in [0.4, 0.5) is 0 Å². The fourth-order valence-electron chi connectivity index (χ4n) is 1.80. The van der Waals surface area contributed by atoms with Crippen molar-refractivity contribution in [3.63, 3.8) is 0 Å². The number of rotatable bonds is 13. The van der Waals surface area contributed by atoms with Crippen molar-refractivity contribution in [2.24, 2.45) is 0 Å². The average Bonchev–Trinajstić information content (AvgIpc) is 2.41. The monoisotopic (exact) mass is 288 g/mol. The van der Waals surface area contributed by atoms with Crippen LogP contribution < -0.4 is 0 Å². The molecule has 0 heterocycles. The highest BCUT2D eigenvalue weighted by Gasteiger charge is 2.08. The van der Waals surface area contributed by atoms with Gasteiger partial charge in [-0.2, -0.15) is 0 Å². The molecular formula is C16H32O4. The van der Waals surface area contributed by atoms with Gasteiger partial charge in [0, 0.05) is 13.5 Å². The van der Waals surface area contributed by atoms with Gasteiger partial charge in [-0.1, -0.05) is 39.0 Å². The van der Waals surface area contributed by atoms with Crippen LogP contribution in [0.1, 0.15) is 66.2 Å². The van der Waals surface area contributed by atoms with Crippen molar-refractivity contribution in [1.82, 2.24) is 0 Å². The fourth-order valence-corrected chi connectivity index (χ4v) is 1.80. The Kier molecular flexibility index (Phi) is 13.0. The van der Waals surface area contributed by atoms with E-state index in [0.29, 0.717) is 13.2 Å². The summed E-state index contributed by atoms with van der Waals surface area (Å²) >= 11 is 0. The van der Waals surface area contributed by atoms with Gasteiger partial charge >= 0.3 is 5.97 Å². The van der Waals surface area contributed by atoms with Gasteiger partial charge in [0.15, 0.2) is 0 Å². The molecule has 0 N–H and O–H groups in total. The van der Waals surface area contributed by atoms with Crippen molar-refractivity contribution in [2.45, 2.75) is 78.4 Å². The molecule has 0 spiro atoms. The van der Waals surface area contributed by atoms with E-state index in [1.165, 1.54) is 39.0 Å². The Labute approximate surface area is 124 Å². The van der Waals surface area contributed by atoms with Crippen LogP contribution in [0.3, 0.4) is 0 Å². The van der Waals surface area contributed by atoms with Crippen LogP contribution in [0.25, 0.3) is 0 Å². The van der Waals surface area contributed by atoms with E-state index in [2.05, 4.69) is 6.92 Å². The van der Waals surface area contributed by atoms with Crippen LogP contribution in [-0.2, 0) is 19.0 Å². The minimum atomic E-state index is -0.271. The van der Waals surface area contributed by atoms with Crippen LogP contribution >= 0.6 is 0 Å². The first kappa shape index (κ1) is 19.4. The Morgan fingerprint density at radius 2 is 1.50 bits per heavy atom. The van der Waals surface area contributed by atoms with Gasteiger partial charge in [0.05, 0.1) is 18.8 Å². The van der Waals surface area contributed by atoms with Crippen molar-refractivity contribution >= 4 is 5.97 Å². The zero-order chi connectivity index (χ0) is 15.2. The van der Waals surface area contributed by atoms with Gasteiger partial charge in [-0.15, -0.1) is 0 Å². The Morgan fingerprint density at radius 1 is 0.900 bits per heavy atom. The molecule has 0 saturated carbocycles. The zero-order valence-corrected chi connectivity index (χ0v) is 13.7. The summed E-state index contributed by atoms with van der Waals surface area (Å²) in [6.45, 7) is 9.18. The lowest BCUT2D eigenvalue weighted by Gasteiger charge is -2.17. The molecule has 0 amide bonds. The molecule has 0 aromatic rings. The quantitative estimate of drug-likeness (QED) is 0.383. The van der Waals surface area contributed by atoms with E-state index in [9.17, 15) is 4.79 Å². The van der Waals surface area contributed by atoms with E-state index in [1.807, 2.05) is 13.8 Å². The van der Waals surface area contributed by atoms with Crippen LogP contribution in [0.2, 0.25) is 0 Å². The third kappa shape index (κ3) is 13.8. The van der Waals surface area contributed by atoms with Gasteiger partial charge in [0.2, 0.25) is 0 Å². The Morgan fingerprint density at radius 3 is 2.15 bits per heavy atom. The van der Waals surface area contributed by atoms with Crippen molar-refractivity contribution in [2.75, 3.05) is 19.8 Å². The Bertz CT molecular complexity index is 231. The topological polar surface area (TPSA) is 44.8 Å². The number of carbonyl (C=O) groups excluding carboxylic acids is 1. The smallest absolute Gasteiger partial charge is 0.302 e. The largest absolute Gasteiger partial charge is 0.463 e. The van der Waals surface area contributed by atoms with E-state index in [4.69, 9.17) is 14.2 Å². The molecule has 0 aliphatic carbocycles. The van der Waals surface area contributed by atoms with Gasteiger partial charge in [0.25, 0.3) is 0 Å². The van der Waals surface area contributed by atoms with Gasteiger partial charge < -0.3 is 14.2 Å². The predicted octanol–water partition coefficient (Wildman–Crippen LogP) is 3.72. The highest BCUT2D eigenvalue weighted by atomic mass is 16.6. The summed E-state index contributed by atoms with van der Waals surface area (Å²) in [4.78, 5) is 10.7. The number of carbonyl (C=O) groups is 1. The zero-order valence-electron chi connectivity index (χ0n) is 13.7. The van der Waals surface area contributed by atoms with Crippen LogP contribution in [0.15, 0.2) is 0 Å². The molecule has 4 heteroatoms. The molecule has 0 bridgehead atoms. The van der Waals surface area contributed by atoms with Crippen molar-refractivity contribution in [3.05, 3.63) is 0 Å². The van der Waals surface area contributed by atoms with Crippen LogP contribution in [0, 0.1) is 0 Å². The van der Waals surface area contributed by atoms with Gasteiger partial charge in [-0.3, -0.25) is 4.79 Å². The highest BCUT2D eigenvalue weighted by Crippen LogP contribution is 2.06. The number of ether oxygens (including phenoxy) is 3. The molecule has 2 atom stereocenters. The normalized spacial score (nSPS) is 14.0. The summed E-state index contributed by atoms with van der Waals surface area (Å²) < 4.78 is 16.1. The Hall–Kier alpha value is -0.610. The molecule has 0 saturated heterocycles.